The molecule has 0 radical (unpaired) electrons. The number of nitriles is 1. The lowest BCUT2D eigenvalue weighted by Gasteiger charge is -2.10. The van der Waals surface area contributed by atoms with Crippen molar-refractivity contribution in [2.45, 2.75) is 23.4 Å². The molecule has 1 aromatic heterocycles. The van der Waals surface area contributed by atoms with E-state index in [1.165, 1.54) is 6.07 Å². The van der Waals surface area contributed by atoms with Crippen molar-refractivity contribution in [1.29, 1.82) is 5.26 Å². The Hall–Kier alpha value is -1.81. The minimum absolute atomic E-state index is 0.173. The minimum atomic E-state index is -4.60. The SMILES string of the molecule is C[C@H](C#N)Sc1nc(C(F)(F)F)nc2ccccc12. The second kappa shape index (κ2) is 5.05. The van der Waals surface area contributed by atoms with Gasteiger partial charge in [0.05, 0.1) is 16.8 Å². The Morgan fingerprint density at radius 1 is 1.26 bits per heavy atom. The number of para-hydroxylation sites is 1. The Morgan fingerprint density at radius 2 is 1.95 bits per heavy atom. The number of halogens is 3. The molecule has 0 saturated carbocycles. The first-order chi connectivity index (χ1) is 8.91. The Kier molecular flexibility index (Phi) is 3.62. The Morgan fingerprint density at radius 3 is 2.58 bits per heavy atom. The van der Waals surface area contributed by atoms with E-state index in [0.29, 0.717) is 5.39 Å². The van der Waals surface area contributed by atoms with Crippen molar-refractivity contribution < 1.29 is 13.2 Å². The maximum Gasteiger partial charge on any atom is 0.451 e. The molecule has 98 valence electrons. The zero-order valence-corrected chi connectivity index (χ0v) is 10.6. The van der Waals surface area contributed by atoms with E-state index in [1.54, 1.807) is 25.1 Å². The molecule has 2 rings (SSSR count). The maximum atomic E-state index is 12.7. The third-order valence-electron chi connectivity index (χ3n) is 2.29. The van der Waals surface area contributed by atoms with Crippen LogP contribution in [0, 0.1) is 11.3 Å². The summed E-state index contributed by atoms with van der Waals surface area (Å²) in [6.07, 6.45) is -4.60. The summed E-state index contributed by atoms with van der Waals surface area (Å²) < 4.78 is 38.1. The van der Waals surface area contributed by atoms with Crippen LogP contribution in [0.15, 0.2) is 29.3 Å². The number of hydrogen-bond acceptors (Lipinski definition) is 4. The van der Waals surface area contributed by atoms with Crippen LogP contribution in [0.4, 0.5) is 13.2 Å². The van der Waals surface area contributed by atoms with Crippen molar-refractivity contribution in [3.63, 3.8) is 0 Å². The predicted molar refractivity (Wildman–Crippen MR) is 65.5 cm³/mol. The lowest BCUT2D eigenvalue weighted by atomic mass is 10.2. The largest absolute Gasteiger partial charge is 0.451 e. The fraction of sp³-hybridized carbons (Fsp3) is 0.250. The molecular formula is C12H8F3N3S. The molecule has 2 aromatic rings. The fourth-order valence-electron chi connectivity index (χ4n) is 1.46. The van der Waals surface area contributed by atoms with Gasteiger partial charge in [0.2, 0.25) is 5.82 Å². The number of benzene rings is 1. The quantitative estimate of drug-likeness (QED) is 0.623. The molecule has 1 atom stereocenters. The van der Waals surface area contributed by atoms with Gasteiger partial charge in [0, 0.05) is 5.39 Å². The van der Waals surface area contributed by atoms with E-state index in [4.69, 9.17) is 5.26 Å². The summed E-state index contributed by atoms with van der Waals surface area (Å²) in [6, 6.07) is 8.40. The van der Waals surface area contributed by atoms with Gasteiger partial charge in [0.1, 0.15) is 5.03 Å². The predicted octanol–water partition coefficient (Wildman–Crippen LogP) is 3.65. The van der Waals surface area contributed by atoms with Gasteiger partial charge in [-0.15, -0.1) is 0 Å². The van der Waals surface area contributed by atoms with Gasteiger partial charge < -0.3 is 0 Å². The van der Waals surface area contributed by atoms with Crippen molar-refractivity contribution in [2.75, 3.05) is 0 Å². The molecular weight excluding hydrogens is 275 g/mol. The van der Waals surface area contributed by atoms with E-state index >= 15 is 0 Å². The standard InChI is InChI=1S/C12H8F3N3S/c1-7(6-16)19-10-8-4-2-3-5-9(8)17-11(18-10)12(13,14)15/h2-5,7H,1H3/t7-/m1/s1. The molecule has 0 aliphatic carbocycles. The molecule has 1 heterocycles. The Balaban J connectivity index is 2.62. The van der Waals surface area contributed by atoms with Crippen LogP contribution in [-0.2, 0) is 6.18 Å². The van der Waals surface area contributed by atoms with Crippen molar-refractivity contribution in [3.05, 3.63) is 30.1 Å². The van der Waals surface area contributed by atoms with Crippen LogP contribution in [-0.4, -0.2) is 15.2 Å². The zero-order chi connectivity index (χ0) is 14.0. The molecule has 0 aliphatic heterocycles. The van der Waals surface area contributed by atoms with Gasteiger partial charge in [-0.25, -0.2) is 9.97 Å². The van der Waals surface area contributed by atoms with Crippen LogP contribution in [0.3, 0.4) is 0 Å². The number of alkyl halides is 3. The van der Waals surface area contributed by atoms with Crippen LogP contribution in [0.5, 0.6) is 0 Å². The molecule has 19 heavy (non-hydrogen) atoms. The highest BCUT2D eigenvalue weighted by Crippen LogP contribution is 2.33. The molecule has 1 aromatic carbocycles. The van der Waals surface area contributed by atoms with Crippen molar-refractivity contribution >= 4 is 22.7 Å². The normalized spacial score (nSPS) is 13.2. The Labute approximate surface area is 111 Å². The number of hydrogen-bond donors (Lipinski definition) is 0. The molecule has 7 heteroatoms. The first kappa shape index (κ1) is 13.6. The van der Waals surface area contributed by atoms with Crippen LogP contribution >= 0.6 is 11.8 Å². The van der Waals surface area contributed by atoms with Gasteiger partial charge in [-0.2, -0.15) is 18.4 Å². The number of fused-ring (bicyclic) bond motifs is 1. The van der Waals surface area contributed by atoms with Crippen LogP contribution < -0.4 is 0 Å². The van der Waals surface area contributed by atoms with Crippen LogP contribution in [0.1, 0.15) is 12.7 Å². The number of thioether (sulfide) groups is 1. The molecule has 0 saturated heterocycles. The lowest BCUT2D eigenvalue weighted by molar-refractivity contribution is -0.145. The molecule has 0 fully saturated rings. The van der Waals surface area contributed by atoms with E-state index in [-0.39, 0.29) is 10.5 Å². The maximum absolute atomic E-state index is 12.7. The van der Waals surface area contributed by atoms with Crippen molar-refractivity contribution in [2.24, 2.45) is 0 Å². The summed E-state index contributed by atoms with van der Waals surface area (Å²) in [5.41, 5.74) is 0.220. The van der Waals surface area contributed by atoms with Gasteiger partial charge in [-0.1, -0.05) is 30.0 Å². The van der Waals surface area contributed by atoms with Gasteiger partial charge in [0.25, 0.3) is 0 Å². The van der Waals surface area contributed by atoms with Gasteiger partial charge >= 0.3 is 6.18 Å². The summed E-state index contributed by atoms with van der Waals surface area (Å²) in [6.45, 7) is 1.61. The summed E-state index contributed by atoms with van der Waals surface area (Å²) in [5, 5.41) is 8.96. The Bertz CT molecular complexity index is 649. The molecule has 0 aliphatic rings. The third kappa shape index (κ3) is 2.96. The summed E-state index contributed by atoms with van der Waals surface area (Å²) in [7, 11) is 0. The second-order valence-electron chi connectivity index (χ2n) is 3.76. The van der Waals surface area contributed by atoms with E-state index < -0.39 is 17.3 Å². The highest BCUT2D eigenvalue weighted by molar-refractivity contribution is 8.00. The summed E-state index contributed by atoms with van der Waals surface area (Å²) in [5.74, 6) is -1.18. The summed E-state index contributed by atoms with van der Waals surface area (Å²) >= 11 is 0.991. The average Bonchev–Trinajstić information content (AvgIpc) is 2.37. The zero-order valence-electron chi connectivity index (χ0n) is 9.77. The molecule has 0 N–H and O–H groups in total. The van der Waals surface area contributed by atoms with Crippen LogP contribution in [0.2, 0.25) is 0 Å². The minimum Gasteiger partial charge on any atom is -0.224 e. The van der Waals surface area contributed by atoms with Crippen LogP contribution in [0.25, 0.3) is 10.9 Å². The average molecular weight is 283 g/mol. The number of rotatable bonds is 2. The smallest absolute Gasteiger partial charge is 0.224 e. The first-order valence-electron chi connectivity index (χ1n) is 5.32. The number of aromatic nitrogens is 2. The van der Waals surface area contributed by atoms with Crippen molar-refractivity contribution in [1.82, 2.24) is 9.97 Å². The molecule has 0 bridgehead atoms. The van der Waals surface area contributed by atoms with Gasteiger partial charge in [0.15, 0.2) is 0 Å². The van der Waals surface area contributed by atoms with Gasteiger partial charge in [-0.3, -0.25) is 0 Å². The van der Waals surface area contributed by atoms with E-state index in [9.17, 15) is 13.2 Å². The van der Waals surface area contributed by atoms with E-state index in [0.717, 1.165) is 11.8 Å². The molecule has 3 nitrogen and oxygen atoms in total. The van der Waals surface area contributed by atoms with E-state index in [1.807, 2.05) is 6.07 Å². The third-order valence-corrected chi connectivity index (χ3v) is 3.29. The summed E-state index contributed by atoms with van der Waals surface area (Å²) in [4.78, 5) is 7.04. The number of nitrogens with zero attached hydrogens (tertiary/aromatic N) is 3. The molecule has 0 amide bonds. The first-order valence-corrected chi connectivity index (χ1v) is 6.20. The van der Waals surface area contributed by atoms with Gasteiger partial charge in [-0.05, 0) is 13.0 Å². The van der Waals surface area contributed by atoms with Crippen molar-refractivity contribution in [3.8, 4) is 6.07 Å². The second-order valence-corrected chi connectivity index (χ2v) is 5.09. The molecule has 0 unspecified atom stereocenters. The lowest BCUT2D eigenvalue weighted by Crippen LogP contribution is -2.12. The highest BCUT2D eigenvalue weighted by Gasteiger charge is 2.35. The monoisotopic (exact) mass is 283 g/mol. The highest BCUT2D eigenvalue weighted by atomic mass is 32.2. The molecule has 0 spiro atoms. The van der Waals surface area contributed by atoms with E-state index in [2.05, 4.69) is 9.97 Å². The fourth-order valence-corrected chi connectivity index (χ4v) is 2.28. The topological polar surface area (TPSA) is 49.6 Å².